The zero-order valence-corrected chi connectivity index (χ0v) is 25.0. The summed E-state index contributed by atoms with van der Waals surface area (Å²) >= 11 is 0. The summed E-state index contributed by atoms with van der Waals surface area (Å²) in [7, 11) is 1.31. The van der Waals surface area contributed by atoms with E-state index < -0.39 is 34.9 Å². The monoisotopic (exact) mass is 632 g/mol. The number of methoxy groups -OCH3 is 1. The van der Waals surface area contributed by atoms with E-state index in [0.717, 1.165) is 43.9 Å². The molecule has 0 saturated heterocycles. The van der Waals surface area contributed by atoms with Crippen molar-refractivity contribution in [3.63, 3.8) is 0 Å². The first-order valence-electron chi connectivity index (χ1n) is 15.0. The second kappa shape index (κ2) is 15.2. The molecule has 3 aromatic rings. The van der Waals surface area contributed by atoms with Crippen molar-refractivity contribution in [3.05, 3.63) is 101 Å². The Hall–Kier alpha value is -4.15. The van der Waals surface area contributed by atoms with Crippen LogP contribution in [0.15, 0.2) is 66.7 Å². The largest absolute Gasteiger partial charge is 0.491 e. The fourth-order valence-corrected chi connectivity index (χ4v) is 5.66. The summed E-state index contributed by atoms with van der Waals surface area (Å²) < 4.78 is 82.2. The van der Waals surface area contributed by atoms with Crippen molar-refractivity contribution in [1.82, 2.24) is 10.6 Å². The average Bonchev–Trinajstić information content (AvgIpc) is 3.51. The van der Waals surface area contributed by atoms with Crippen LogP contribution in [0.2, 0.25) is 0 Å². The van der Waals surface area contributed by atoms with Crippen LogP contribution in [0.25, 0.3) is 0 Å². The molecule has 0 spiro atoms. The number of nitrogens with one attached hydrogen (secondary N) is 2. The van der Waals surface area contributed by atoms with Gasteiger partial charge in [-0.25, -0.2) is 13.6 Å². The molecule has 2 amide bonds. The van der Waals surface area contributed by atoms with Gasteiger partial charge in [0.05, 0.1) is 24.8 Å². The molecule has 6 nitrogen and oxygen atoms in total. The van der Waals surface area contributed by atoms with Crippen LogP contribution in [0.4, 0.5) is 26.7 Å². The molecule has 0 aliphatic heterocycles. The molecule has 4 rings (SSSR count). The third-order valence-corrected chi connectivity index (χ3v) is 7.98. The fraction of sp³-hybridized carbons (Fsp3) is 0.412. The zero-order valence-electron chi connectivity index (χ0n) is 25.0. The quantitative estimate of drug-likeness (QED) is 0.114. The molecule has 0 radical (unpaired) electrons. The molecular weight excluding hydrogens is 595 g/mol. The van der Waals surface area contributed by atoms with Gasteiger partial charge in [-0.15, -0.1) is 0 Å². The van der Waals surface area contributed by atoms with E-state index in [1.807, 2.05) is 0 Å². The SMILES string of the molecule is COC(=O)CCCCCOc1cc(C(Cc2ccccc2)(NC(=O)NC2CCCC2)c2cc(F)cc(C(F)(F)F)c2)ccc1F. The van der Waals surface area contributed by atoms with E-state index in [1.165, 1.54) is 19.2 Å². The second-order valence-electron chi connectivity index (χ2n) is 11.3. The number of unbranched alkanes of at least 4 members (excludes halogenated alkanes) is 2. The highest BCUT2D eigenvalue weighted by molar-refractivity contribution is 5.76. The first-order valence-corrected chi connectivity index (χ1v) is 15.0. The molecule has 1 unspecified atom stereocenters. The maximum Gasteiger partial charge on any atom is 0.416 e. The topological polar surface area (TPSA) is 76.7 Å². The number of halogens is 5. The first-order chi connectivity index (χ1) is 21.5. The zero-order chi connectivity index (χ0) is 32.5. The van der Waals surface area contributed by atoms with Gasteiger partial charge in [0.2, 0.25) is 0 Å². The minimum Gasteiger partial charge on any atom is -0.491 e. The van der Waals surface area contributed by atoms with Gasteiger partial charge < -0.3 is 20.1 Å². The van der Waals surface area contributed by atoms with Gasteiger partial charge in [0.25, 0.3) is 0 Å². The minimum absolute atomic E-state index is 0.0781. The lowest BCUT2D eigenvalue weighted by Gasteiger charge is -2.37. The number of ether oxygens (including phenoxy) is 2. The second-order valence-corrected chi connectivity index (χ2v) is 11.3. The number of urea groups is 1. The highest BCUT2D eigenvalue weighted by Crippen LogP contribution is 2.40. The molecule has 2 N–H and O–H groups in total. The summed E-state index contributed by atoms with van der Waals surface area (Å²) in [6.45, 7) is 0.0982. The molecule has 1 aliphatic rings. The summed E-state index contributed by atoms with van der Waals surface area (Å²) in [6, 6.07) is 13.9. The number of hydrogen-bond donors (Lipinski definition) is 2. The number of hydrogen-bond acceptors (Lipinski definition) is 4. The molecular formula is C34H37F5N2O4. The lowest BCUT2D eigenvalue weighted by Crippen LogP contribution is -2.53. The molecule has 0 heterocycles. The van der Waals surface area contributed by atoms with E-state index in [-0.39, 0.29) is 48.3 Å². The lowest BCUT2D eigenvalue weighted by molar-refractivity contribution is -0.141. The van der Waals surface area contributed by atoms with Crippen molar-refractivity contribution in [1.29, 1.82) is 0 Å². The Morgan fingerprint density at radius 2 is 1.58 bits per heavy atom. The van der Waals surface area contributed by atoms with Crippen LogP contribution in [0.1, 0.15) is 73.6 Å². The van der Waals surface area contributed by atoms with Crippen LogP contribution in [-0.4, -0.2) is 31.8 Å². The third kappa shape index (κ3) is 9.18. The first kappa shape index (κ1) is 33.7. The highest BCUT2D eigenvalue weighted by atomic mass is 19.4. The summed E-state index contributed by atoms with van der Waals surface area (Å²) in [5.41, 5.74) is -2.32. The van der Waals surface area contributed by atoms with Crippen LogP contribution in [0, 0.1) is 11.6 Å². The summed E-state index contributed by atoms with van der Waals surface area (Å²) in [4.78, 5) is 24.9. The normalized spacial score (nSPS) is 14.9. The van der Waals surface area contributed by atoms with Crippen molar-refractivity contribution in [2.75, 3.05) is 13.7 Å². The van der Waals surface area contributed by atoms with Gasteiger partial charge in [-0.1, -0.05) is 49.2 Å². The van der Waals surface area contributed by atoms with Gasteiger partial charge in [0.1, 0.15) is 5.82 Å². The summed E-state index contributed by atoms with van der Waals surface area (Å²) in [6.07, 6.45) is 0.330. The highest BCUT2D eigenvalue weighted by Gasteiger charge is 2.41. The number of rotatable bonds is 13. The van der Waals surface area contributed by atoms with Crippen molar-refractivity contribution in [3.8, 4) is 5.75 Å². The molecule has 242 valence electrons. The van der Waals surface area contributed by atoms with Crippen molar-refractivity contribution >= 4 is 12.0 Å². The Labute approximate surface area is 259 Å². The van der Waals surface area contributed by atoms with Gasteiger partial charge in [0.15, 0.2) is 11.6 Å². The molecule has 0 bridgehead atoms. The van der Waals surface area contributed by atoms with Gasteiger partial charge in [-0.05, 0) is 79.1 Å². The maximum absolute atomic E-state index is 15.0. The predicted octanol–water partition coefficient (Wildman–Crippen LogP) is 7.82. The molecule has 3 aromatic carbocycles. The number of alkyl halides is 3. The van der Waals surface area contributed by atoms with E-state index in [2.05, 4.69) is 15.4 Å². The summed E-state index contributed by atoms with van der Waals surface area (Å²) in [5, 5.41) is 5.79. The number of amides is 2. The standard InChI is InChI=1S/C34H37F5N2O4/c1-44-31(42)14-6-3-9-17-45-30-21-24(15-16-29(30)36)33(22-23-10-4-2-5-11-23,41-32(43)40-28-12-7-8-13-28)25-18-26(34(37,38)39)20-27(35)19-25/h2,4-5,10-11,15-16,18-21,28H,3,6-9,12-14,17,22H2,1H3,(H2,40,41,43). The average molecular weight is 633 g/mol. The Morgan fingerprint density at radius 3 is 2.27 bits per heavy atom. The lowest BCUT2D eigenvalue weighted by atomic mass is 9.77. The Kier molecular flexibility index (Phi) is 11.4. The maximum atomic E-state index is 15.0. The van der Waals surface area contributed by atoms with Gasteiger partial charge in [-0.3, -0.25) is 4.79 Å². The van der Waals surface area contributed by atoms with Crippen molar-refractivity contribution in [2.45, 2.75) is 75.5 Å². The molecule has 1 aliphatic carbocycles. The molecule has 1 fully saturated rings. The Morgan fingerprint density at radius 1 is 0.867 bits per heavy atom. The van der Waals surface area contributed by atoms with Crippen molar-refractivity contribution in [2.24, 2.45) is 0 Å². The number of carbonyl (C=O) groups is 2. The van der Waals surface area contributed by atoms with Gasteiger partial charge in [-0.2, -0.15) is 13.2 Å². The molecule has 1 atom stereocenters. The van der Waals surface area contributed by atoms with Crippen LogP contribution in [0.5, 0.6) is 5.75 Å². The van der Waals surface area contributed by atoms with E-state index in [4.69, 9.17) is 4.74 Å². The Bertz CT molecular complexity index is 1440. The van der Waals surface area contributed by atoms with Crippen molar-refractivity contribution < 1.29 is 41.0 Å². The van der Waals surface area contributed by atoms with Crippen LogP contribution in [-0.2, 0) is 27.7 Å². The number of esters is 1. The molecule has 11 heteroatoms. The molecule has 1 saturated carbocycles. The van der Waals surface area contributed by atoms with Gasteiger partial charge in [0, 0.05) is 18.9 Å². The smallest absolute Gasteiger partial charge is 0.416 e. The van der Waals surface area contributed by atoms with E-state index in [9.17, 15) is 27.2 Å². The van der Waals surface area contributed by atoms with Gasteiger partial charge >= 0.3 is 18.2 Å². The Balaban J connectivity index is 1.77. The van der Waals surface area contributed by atoms with E-state index >= 15 is 4.39 Å². The summed E-state index contributed by atoms with van der Waals surface area (Å²) in [5.74, 6) is -2.36. The van der Waals surface area contributed by atoms with E-state index in [1.54, 1.807) is 30.3 Å². The number of benzene rings is 3. The fourth-order valence-electron chi connectivity index (χ4n) is 5.66. The minimum atomic E-state index is -4.87. The van der Waals surface area contributed by atoms with Crippen LogP contribution in [0.3, 0.4) is 0 Å². The molecule has 0 aromatic heterocycles. The predicted molar refractivity (Wildman–Crippen MR) is 159 cm³/mol. The third-order valence-electron chi connectivity index (χ3n) is 7.98. The van der Waals surface area contributed by atoms with E-state index in [0.29, 0.717) is 30.9 Å². The number of carbonyl (C=O) groups excluding carboxylic acids is 2. The molecule has 45 heavy (non-hydrogen) atoms. The van der Waals surface area contributed by atoms with Crippen LogP contribution >= 0.6 is 0 Å². The van der Waals surface area contributed by atoms with Crippen LogP contribution < -0.4 is 15.4 Å².